The van der Waals surface area contributed by atoms with Gasteiger partial charge in [0.25, 0.3) is 0 Å². The summed E-state index contributed by atoms with van der Waals surface area (Å²) in [6.45, 7) is -1.64. The van der Waals surface area contributed by atoms with E-state index >= 15 is 0 Å². The van der Waals surface area contributed by atoms with E-state index in [0.29, 0.717) is 0 Å². The van der Waals surface area contributed by atoms with E-state index in [2.05, 4.69) is 9.84 Å². The first-order valence-electron chi connectivity index (χ1n) is 12.3. The lowest BCUT2D eigenvalue weighted by molar-refractivity contribution is -0.383. The van der Waals surface area contributed by atoms with Crippen molar-refractivity contribution in [3.8, 4) is 0 Å². The van der Waals surface area contributed by atoms with Gasteiger partial charge in [-0.25, -0.2) is 4.57 Å². The van der Waals surface area contributed by atoms with E-state index in [9.17, 15) is 55.3 Å². The number of nitrogens with one attached hydrogen (secondary N) is 1. The molecule has 15 atom stereocenters. The number of aliphatic hydroxyl groups excluding tert-OH is 9. The summed E-state index contributed by atoms with van der Waals surface area (Å²) in [5.74, 6) is -0.691. The molecule has 3 aliphatic heterocycles. The van der Waals surface area contributed by atoms with Crippen LogP contribution in [0.1, 0.15) is 6.92 Å². The number of ether oxygens (including phenoxy) is 5. The van der Waals surface area contributed by atoms with Gasteiger partial charge in [0, 0.05) is 6.92 Å². The van der Waals surface area contributed by atoms with Crippen molar-refractivity contribution in [1.29, 1.82) is 0 Å². The van der Waals surface area contributed by atoms with Crippen LogP contribution in [0.25, 0.3) is 0 Å². The Balaban J connectivity index is 1.91. The summed E-state index contributed by atoms with van der Waals surface area (Å²) in [5, 5.41) is 94.4. The molecule has 3 aliphatic rings. The van der Waals surface area contributed by atoms with E-state index in [1.165, 1.54) is 0 Å². The quantitative estimate of drug-likeness (QED) is 0.100. The number of amides is 1. The number of carbonyl (C=O) groups is 1. The molecule has 3 rings (SSSR count). The molecule has 240 valence electrons. The Morgan fingerprint density at radius 2 is 1.29 bits per heavy atom. The first-order chi connectivity index (χ1) is 19.1. The third kappa shape index (κ3) is 8.15. The van der Waals surface area contributed by atoms with E-state index in [1.54, 1.807) is 0 Å². The molecule has 0 aromatic heterocycles. The van der Waals surface area contributed by atoms with Crippen LogP contribution < -0.4 is 5.32 Å². The van der Waals surface area contributed by atoms with Crippen LogP contribution in [0.15, 0.2) is 0 Å². The van der Waals surface area contributed by atoms with E-state index in [1.807, 2.05) is 0 Å². The summed E-state index contributed by atoms with van der Waals surface area (Å²) in [5.41, 5.74) is 0. The van der Waals surface area contributed by atoms with Crippen molar-refractivity contribution in [2.24, 2.45) is 0 Å². The topological polar surface area (TPSA) is 324 Å². The maximum atomic E-state index is 11.6. The van der Waals surface area contributed by atoms with Gasteiger partial charge in [-0.05, 0) is 0 Å². The van der Waals surface area contributed by atoms with Gasteiger partial charge in [0.1, 0.15) is 73.2 Å². The normalized spacial score (nSPS) is 45.8. The molecule has 0 saturated carbocycles. The Hall–Kier alpha value is -0.980. The van der Waals surface area contributed by atoms with Crippen LogP contribution >= 0.6 is 7.82 Å². The van der Waals surface area contributed by atoms with Gasteiger partial charge in [-0.3, -0.25) is 9.32 Å². The molecule has 21 heteroatoms. The van der Waals surface area contributed by atoms with Crippen molar-refractivity contribution in [3.05, 3.63) is 0 Å². The van der Waals surface area contributed by atoms with Crippen LogP contribution in [-0.2, 0) is 37.6 Å². The highest BCUT2D eigenvalue weighted by Gasteiger charge is 2.54. The van der Waals surface area contributed by atoms with E-state index in [4.69, 9.17) is 33.5 Å². The zero-order valence-corrected chi connectivity index (χ0v) is 22.3. The second-order valence-electron chi connectivity index (χ2n) is 9.67. The summed E-state index contributed by atoms with van der Waals surface area (Å²) in [6.07, 6.45) is -25.4. The second kappa shape index (κ2) is 14.2. The minimum Gasteiger partial charge on any atom is -0.394 e. The highest BCUT2D eigenvalue weighted by atomic mass is 31.2. The summed E-state index contributed by atoms with van der Waals surface area (Å²) in [4.78, 5) is 29.6. The smallest absolute Gasteiger partial charge is 0.394 e. The van der Waals surface area contributed by atoms with Crippen molar-refractivity contribution in [2.45, 2.75) is 99.0 Å². The van der Waals surface area contributed by atoms with Crippen molar-refractivity contribution in [1.82, 2.24) is 5.32 Å². The van der Waals surface area contributed by atoms with Crippen LogP contribution in [0.2, 0.25) is 0 Å². The van der Waals surface area contributed by atoms with E-state index in [-0.39, 0.29) is 0 Å². The summed E-state index contributed by atoms with van der Waals surface area (Å²) >= 11 is 0. The minimum absolute atomic E-state index is 0.691. The van der Waals surface area contributed by atoms with Gasteiger partial charge in [-0.15, -0.1) is 0 Å². The van der Waals surface area contributed by atoms with Gasteiger partial charge in [0.15, 0.2) is 18.9 Å². The monoisotopic (exact) mass is 625 g/mol. The lowest BCUT2D eigenvalue weighted by atomic mass is 9.95. The van der Waals surface area contributed by atoms with Crippen molar-refractivity contribution in [2.75, 3.05) is 19.8 Å². The van der Waals surface area contributed by atoms with Crippen LogP contribution in [0.5, 0.6) is 0 Å². The number of hydrogen-bond acceptors (Lipinski definition) is 17. The molecular weight excluding hydrogens is 589 g/mol. The van der Waals surface area contributed by atoms with Gasteiger partial charge >= 0.3 is 7.82 Å². The average molecular weight is 625 g/mol. The van der Waals surface area contributed by atoms with Crippen LogP contribution in [0.3, 0.4) is 0 Å². The molecule has 41 heavy (non-hydrogen) atoms. The molecule has 1 amide bonds. The molecule has 0 spiro atoms. The molecule has 0 bridgehead atoms. The minimum atomic E-state index is -5.10. The number of aliphatic hydroxyl groups is 9. The largest absolute Gasteiger partial charge is 0.469 e. The Kier molecular flexibility index (Phi) is 12.0. The standard InChI is InChI=1S/C20H36NO19P/c1-5(24)21-9-12(27)16(7(3-23)36-18(9)31)39-20-17(14(29)11(26)8(38-20)4-35-41(32,33)34)40-19-15(30)13(28)10(25)6(2-22)37-19/h6-20,22-23,25-31H,2-4H2,1H3,(H,21,24)(H2,32,33,34)/t6-,7-,8-,9-,10-,11-,12-,13+,14+,15+,16-,17+,18?,19-,20-/m1/s1. The van der Waals surface area contributed by atoms with E-state index in [0.717, 1.165) is 6.92 Å². The van der Waals surface area contributed by atoms with Gasteiger partial charge in [0.05, 0.1) is 19.8 Å². The molecule has 0 aromatic carbocycles. The maximum absolute atomic E-state index is 11.6. The fourth-order valence-electron chi connectivity index (χ4n) is 4.60. The molecule has 3 fully saturated rings. The molecule has 20 nitrogen and oxygen atoms in total. The SMILES string of the molecule is CC(=O)N[C@H]1C(O)O[C@H](CO)[C@@H](O[C@H]2O[C@H](COP(=O)(O)O)[C@@H](O)[C@H](O)[C@@H]2O[C@H]2O[C@H](CO)[C@@H](O)[C@H](O)[C@@H]2O)[C@@H]1O. The van der Waals surface area contributed by atoms with Gasteiger partial charge in [-0.2, -0.15) is 0 Å². The number of hydrogen-bond donors (Lipinski definition) is 12. The Bertz CT molecular complexity index is 908. The molecule has 3 saturated heterocycles. The molecule has 0 aromatic rings. The van der Waals surface area contributed by atoms with Gasteiger partial charge in [-0.1, -0.05) is 0 Å². The first kappa shape index (κ1) is 34.5. The summed E-state index contributed by atoms with van der Waals surface area (Å²) < 4.78 is 42.8. The molecule has 0 radical (unpaired) electrons. The second-order valence-corrected chi connectivity index (χ2v) is 10.9. The van der Waals surface area contributed by atoms with Crippen LogP contribution in [-0.4, -0.2) is 174 Å². The molecule has 1 unspecified atom stereocenters. The Morgan fingerprint density at radius 3 is 1.85 bits per heavy atom. The predicted octanol–water partition coefficient (Wildman–Crippen LogP) is -7.31. The fourth-order valence-corrected chi connectivity index (χ4v) is 4.94. The summed E-state index contributed by atoms with van der Waals surface area (Å²) in [7, 11) is -5.10. The first-order valence-corrected chi connectivity index (χ1v) is 13.8. The summed E-state index contributed by atoms with van der Waals surface area (Å²) in [6, 6.07) is -1.50. The zero-order chi connectivity index (χ0) is 30.8. The molecule has 0 aliphatic carbocycles. The number of carbonyl (C=O) groups excluding carboxylic acids is 1. The molecule has 3 heterocycles. The molecular formula is C20H36NO19P. The Labute approximate surface area is 231 Å². The Morgan fingerprint density at radius 1 is 0.732 bits per heavy atom. The number of phosphoric acid groups is 1. The third-order valence-electron chi connectivity index (χ3n) is 6.72. The lowest BCUT2D eigenvalue weighted by Gasteiger charge is -2.48. The van der Waals surface area contributed by atoms with Crippen molar-refractivity contribution >= 4 is 13.7 Å². The van der Waals surface area contributed by atoms with Gasteiger partial charge < -0.3 is 84.7 Å². The zero-order valence-electron chi connectivity index (χ0n) is 21.4. The highest BCUT2D eigenvalue weighted by Crippen LogP contribution is 2.38. The van der Waals surface area contributed by atoms with Crippen molar-refractivity contribution < 1.29 is 93.3 Å². The van der Waals surface area contributed by atoms with Crippen LogP contribution in [0.4, 0.5) is 0 Å². The van der Waals surface area contributed by atoms with Crippen LogP contribution in [0, 0.1) is 0 Å². The van der Waals surface area contributed by atoms with Crippen molar-refractivity contribution in [3.63, 3.8) is 0 Å². The third-order valence-corrected chi connectivity index (χ3v) is 7.21. The number of phosphoric ester groups is 1. The van der Waals surface area contributed by atoms with Gasteiger partial charge in [0.2, 0.25) is 5.91 Å². The average Bonchev–Trinajstić information content (AvgIpc) is 2.90. The highest BCUT2D eigenvalue weighted by molar-refractivity contribution is 7.46. The number of rotatable bonds is 10. The lowest BCUT2D eigenvalue weighted by Crippen LogP contribution is -2.68. The maximum Gasteiger partial charge on any atom is 0.469 e. The predicted molar refractivity (Wildman–Crippen MR) is 124 cm³/mol. The fraction of sp³-hybridized carbons (Fsp3) is 0.950. The van der Waals surface area contributed by atoms with E-state index < -0.39 is 126 Å². The molecule has 12 N–H and O–H groups in total.